The van der Waals surface area contributed by atoms with Crippen molar-refractivity contribution >= 4 is 11.5 Å². The second-order valence-electron chi connectivity index (χ2n) is 5.35. The molecule has 0 bridgehead atoms. The Morgan fingerprint density at radius 3 is 2.67 bits per heavy atom. The fourth-order valence-corrected chi connectivity index (χ4v) is 1.98. The summed E-state index contributed by atoms with van der Waals surface area (Å²) in [7, 11) is 0. The minimum atomic E-state index is -4.27. The first-order valence-electron chi connectivity index (χ1n) is 7.10. The van der Waals surface area contributed by atoms with Crippen molar-refractivity contribution in [3.8, 4) is 5.88 Å². The van der Waals surface area contributed by atoms with Crippen LogP contribution in [0.5, 0.6) is 5.88 Å². The van der Waals surface area contributed by atoms with Gasteiger partial charge in [0.2, 0.25) is 5.88 Å². The molecule has 4 nitrogen and oxygen atoms in total. The average Bonchev–Trinajstić information content (AvgIpc) is 3.20. The van der Waals surface area contributed by atoms with Gasteiger partial charge in [0.05, 0.1) is 12.3 Å². The SMILES string of the molecule is CCCN(CC(F)(F)F)c1ccc(N)c(OCC2CC2)n1. The normalized spacial score (nSPS) is 15.0. The number of pyridine rings is 1. The van der Waals surface area contributed by atoms with Crippen molar-refractivity contribution in [1.82, 2.24) is 4.98 Å². The Bertz CT molecular complexity index is 475. The molecule has 21 heavy (non-hydrogen) atoms. The number of ether oxygens (including phenoxy) is 1. The number of aromatic nitrogens is 1. The Balaban J connectivity index is 2.12. The van der Waals surface area contributed by atoms with Gasteiger partial charge in [0.1, 0.15) is 12.4 Å². The van der Waals surface area contributed by atoms with Crippen LogP contribution >= 0.6 is 0 Å². The lowest BCUT2D eigenvalue weighted by Crippen LogP contribution is -2.35. The van der Waals surface area contributed by atoms with Crippen LogP contribution in [0.15, 0.2) is 12.1 Å². The standard InChI is InChI=1S/C14H20F3N3O/c1-2-7-20(9-14(15,16)17)12-6-5-11(18)13(19-12)21-8-10-3-4-10/h5-6,10H,2-4,7-9,18H2,1H3. The zero-order chi connectivity index (χ0) is 15.5. The number of nitrogen functional groups attached to an aromatic ring is 1. The highest BCUT2D eigenvalue weighted by molar-refractivity contribution is 5.54. The van der Waals surface area contributed by atoms with Crippen LogP contribution in [-0.4, -0.2) is 30.9 Å². The lowest BCUT2D eigenvalue weighted by atomic mass is 10.3. The van der Waals surface area contributed by atoms with E-state index in [1.807, 2.05) is 6.92 Å². The van der Waals surface area contributed by atoms with Gasteiger partial charge in [-0.15, -0.1) is 0 Å². The minimum Gasteiger partial charge on any atom is -0.476 e. The van der Waals surface area contributed by atoms with Crippen molar-refractivity contribution in [3.63, 3.8) is 0 Å². The van der Waals surface area contributed by atoms with Crippen molar-refractivity contribution in [2.45, 2.75) is 32.4 Å². The average molecular weight is 303 g/mol. The smallest absolute Gasteiger partial charge is 0.405 e. The van der Waals surface area contributed by atoms with Gasteiger partial charge >= 0.3 is 6.18 Å². The molecule has 1 aromatic rings. The maximum absolute atomic E-state index is 12.6. The predicted molar refractivity (Wildman–Crippen MR) is 75.4 cm³/mol. The molecule has 0 unspecified atom stereocenters. The summed E-state index contributed by atoms with van der Waals surface area (Å²) in [6.45, 7) is 1.59. The number of nitrogens with zero attached hydrogens (tertiary/aromatic N) is 2. The molecule has 1 saturated carbocycles. The molecule has 0 spiro atoms. The van der Waals surface area contributed by atoms with Gasteiger partial charge in [-0.2, -0.15) is 18.2 Å². The monoisotopic (exact) mass is 303 g/mol. The molecule has 0 aliphatic heterocycles. The molecule has 1 heterocycles. The topological polar surface area (TPSA) is 51.4 Å². The number of nitrogens with two attached hydrogens (primary N) is 1. The number of halogens is 3. The molecular weight excluding hydrogens is 283 g/mol. The molecule has 1 aliphatic carbocycles. The number of hydrogen-bond acceptors (Lipinski definition) is 4. The van der Waals surface area contributed by atoms with Crippen LogP contribution in [0.4, 0.5) is 24.7 Å². The first-order chi connectivity index (χ1) is 9.89. The van der Waals surface area contributed by atoms with E-state index in [1.165, 1.54) is 11.0 Å². The lowest BCUT2D eigenvalue weighted by Gasteiger charge is -2.25. The van der Waals surface area contributed by atoms with Crippen molar-refractivity contribution in [2.24, 2.45) is 5.92 Å². The molecule has 0 atom stereocenters. The summed E-state index contributed by atoms with van der Waals surface area (Å²) in [5.41, 5.74) is 6.12. The third kappa shape index (κ3) is 4.99. The van der Waals surface area contributed by atoms with Crippen LogP contribution in [0.2, 0.25) is 0 Å². The summed E-state index contributed by atoms with van der Waals surface area (Å²) in [6.07, 6.45) is -1.43. The molecule has 1 aliphatic rings. The third-order valence-corrected chi connectivity index (χ3v) is 3.22. The molecule has 0 radical (unpaired) electrons. The van der Waals surface area contributed by atoms with Gasteiger partial charge < -0.3 is 15.4 Å². The molecule has 2 N–H and O–H groups in total. The second-order valence-corrected chi connectivity index (χ2v) is 5.35. The summed E-state index contributed by atoms with van der Waals surface area (Å²) in [5.74, 6) is 0.994. The Morgan fingerprint density at radius 2 is 2.10 bits per heavy atom. The Kier molecular flexibility index (Phi) is 4.80. The van der Waals surface area contributed by atoms with Gasteiger partial charge in [0.15, 0.2) is 0 Å². The summed E-state index contributed by atoms with van der Waals surface area (Å²) in [6, 6.07) is 3.05. The van der Waals surface area contributed by atoms with Gasteiger partial charge in [0, 0.05) is 6.54 Å². The zero-order valence-electron chi connectivity index (χ0n) is 12.0. The molecule has 118 valence electrons. The molecule has 7 heteroatoms. The Labute approximate surface area is 122 Å². The quantitative estimate of drug-likeness (QED) is 0.840. The first kappa shape index (κ1) is 15.7. The second kappa shape index (κ2) is 6.41. The summed E-state index contributed by atoms with van der Waals surface area (Å²) >= 11 is 0. The van der Waals surface area contributed by atoms with E-state index in [4.69, 9.17) is 10.5 Å². The van der Waals surface area contributed by atoms with E-state index in [1.54, 1.807) is 6.07 Å². The van der Waals surface area contributed by atoms with E-state index in [0.29, 0.717) is 24.6 Å². The van der Waals surface area contributed by atoms with Crippen molar-refractivity contribution < 1.29 is 17.9 Å². The van der Waals surface area contributed by atoms with Crippen molar-refractivity contribution in [1.29, 1.82) is 0 Å². The van der Waals surface area contributed by atoms with E-state index in [0.717, 1.165) is 12.8 Å². The van der Waals surface area contributed by atoms with Crippen LogP contribution in [0, 0.1) is 5.92 Å². The zero-order valence-corrected chi connectivity index (χ0v) is 12.0. The summed E-state index contributed by atoms with van der Waals surface area (Å²) < 4.78 is 43.4. The van der Waals surface area contributed by atoms with Crippen LogP contribution in [0.25, 0.3) is 0 Å². The fraction of sp³-hybridized carbons (Fsp3) is 0.643. The van der Waals surface area contributed by atoms with E-state index in [2.05, 4.69) is 4.98 Å². The van der Waals surface area contributed by atoms with Crippen LogP contribution in [0.3, 0.4) is 0 Å². The number of alkyl halides is 3. The van der Waals surface area contributed by atoms with Crippen molar-refractivity contribution in [3.05, 3.63) is 12.1 Å². The fourth-order valence-electron chi connectivity index (χ4n) is 1.98. The maximum Gasteiger partial charge on any atom is 0.405 e. The van der Waals surface area contributed by atoms with Crippen LogP contribution in [0.1, 0.15) is 26.2 Å². The number of rotatable bonds is 7. The molecule has 1 aromatic heterocycles. The first-order valence-corrected chi connectivity index (χ1v) is 7.10. The van der Waals surface area contributed by atoms with Crippen molar-refractivity contribution in [2.75, 3.05) is 30.3 Å². The van der Waals surface area contributed by atoms with Crippen LogP contribution in [-0.2, 0) is 0 Å². The molecule has 0 aromatic carbocycles. The molecule has 1 fully saturated rings. The predicted octanol–water partition coefficient (Wildman–Crippen LogP) is 3.23. The molecular formula is C14H20F3N3O. The highest BCUT2D eigenvalue weighted by Gasteiger charge is 2.31. The molecule has 2 rings (SSSR count). The Hall–Kier alpha value is -1.66. The van der Waals surface area contributed by atoms with Gasteiger partial charge in [0.25, 0.3) is 0 Å². The van der Waals surface area contributed by atoms with E-state index >= 15 is 0 Å². The maximum atomic E-state index is 12.6. The van der Waals surface area contributed by atoms with E-state index in [-0.39, 0.29) is 18.2 Å². The highest BCUT2D eigenvalue weighted by atomic mass is 19.4. The number of hydrogen-bond donors (Lipinski definition) is 1. The van der Waals surface area contributed by atoms with E-state index in [9.17, 15) is 13.2 Å². The van der Waals surface area contributed by atoms with Gasteiger partial charge in [-0.3, -0.25) is 0 Å². The molecule has 0 saturated heterocycles. The minimum absolute atomic E-state index is 0.225. The van der Waals surface area contributed by atoms with E-state index < -0.39 is 12.7 Å². The summed E-state index contributed by atoms with van der Waals surface area (Å²) in [4.78, 5) is 5.35. The Morgan fingerprint density at radius 1 is 1.38 bits per heavy atom. The number of anilines is 2. The van der Waals surface area contributed by atoms with Gasteiger partial charge in [-0.25, -0.2) is 0 Å². The highest BCUT2D eigenvalue weighted by Crippen LogP contribution is 2.31. The van der Waals surface area contributed by atoms with Gasteiger partial charge in [-0.05, 0) is 37.3 Å². The largest absolute Gasteiger partial charge is 0.476 e. The summed E-state index contributed by atoms with van der Waals surface area (Å²) in [5, 5.41) is 0. The van der Waals surface area contributed by atoms with Crippen LogP contribution < -0.4 is 15.4 Å². The lowest BCUT2D eigenvalue weighted by molar-refractivity contribution is -0.119. The van der Waals surface area contributed by atoms with Gasteiger partial charge in [-0.1, -0.05) is 6.92 Å². The molecule has 0 amide bonds. The third-order valence-electron chi connectivity index (χ3n) is 3.22.